The zero-order valence-corrected chi connectivity index (χ0v) is 19.8. The summed E-state index contributed by atoms with van der Waals surface area (Å²) in [6.07, 6.45) is 4.92. The van der Waals surface area contributed by atoms with E-state index in [2.05, 4.69) is 103 Å². The van der Waals surface area contributed by atoms with Gasteiger partial charge in [-0.25, -0.2) is 0 Å². The normalized spacial score (nSPS) is 19.8. The van der Waals surface area contributed by atoms with Gasteiger partial charge in [0, 0.05) is 23.6 Å². The zero-order valence-electron chi connectivity index (χ0n) is 19.8. The Morgan fingerprint density at radius 1 is 0.909 bits per heavy atom. The maximum absolute atomic E-state index is 5.37. The highest BCUT2D eigenvalue weighted by atomic mass is 16.5. The number of benzene rings is 3. The Morgan fingerprint density at radius 2 is 1.70 bits per heavy atom. The molecule has 1 aromatic heterocycles. The first kappa shape index (κ1) is 21.8. The summed E-state index contributed by atoms with van der Waals surface area (Å²) in [6.45, 7) is 6.43. The standard InChI is InChI=1S/C29H33N3O/c1-19(2)29-31-28(32-33-29)23-16-14-21(15-17-23)24-10-6-11-25(18-24)30-20(3)26-13-7-9-22-8-4-5-12-27(22)26/h4-5,7-9,12-17,19-20,24-25,30H,6,10-11,18H2,1-3H3/t20?,24-,25?/m0/s1. The fourth-order valence-electron chi connectivity index (χ4n) is 5.21. The summed E-state index contributed by atoms with van der Waals surface area (Å²) in [6, 6.07) is 25.0. The van der Waals surface area contributed by atoms with Gasteiger partial charge in [0.25, 0.3) is 0 Å². The molecule has 4 aromatic rings. The molecule has 0 radical (unpaired) electrons. The molecule has 4 heteroatoms. The summed E-state index contributed by atoms with van der Waals surface area (Å²) in [5.74, 6) is 2.20. The highest BCUT2D eigenvalue weighted by molar-refractivity contribution is 5.86. The van der Waals surface area contributed by atoms with Crippen LogP contribution in [0.15, 0.2) is 71.3 Å². The van der Waals surface area contributed by atoms with Crippen molar-refractivity contribution in [1.29, 1.82) is 0 Å². The molecule has 1 heterocycles. The van der Waals surface area contributed by atoms with Gasteiger partial charge in [0.15, 0.2) is 0 Å². The van der Waals surface area contributed by atoms with Crippen molar-refractivity contribution in [2.75, 3.05) is 0 Å². The van der Waals surface area contributed by atoms with E-state index in [1.165, 1.54) is 47.6 Å². The van der Waals surface area contributed by atoms with Crippen LogP contribution in [0.25, 0.3) is 22.2 Å². The van der Waals surface area contributed by atoms with Gasteiger partial charge in [0.05, 0.1) is 0 Å². The van der Waals surface area contributed by atoms with Crippen LogP contribution in [0, 0.1) is 0 Å². The van der Waals surface area contributed by atoms with Crippen molar-refractivity contribution in [1.82, 2.24) is 15.5 Å². The van der Waals surface area contributed by atoms with Crippen LogP contribution in [0.4, 0.5) is 0 Å². The molecule has 3 atom stereocenters. The van der Waals surface area contributed by atoms with E-state index in [9.17, 15) is 0 Å². The zero-order chi connectivity index (χ0) is 22.8. The summed E-state index contributed by atoms with van der Waals surface area (Å²) in [5, 5.41) is 10.8. The molecule has 1 fully saturated rings. The maximum atomic E-state index is 5.37. The third kappa shape index (κ3) is 4.72. The first-order valence-electron chi connectivity index (χ1n) is 12.3. The van der Waals surface area contributed by atoms with Gasteiger partial charge in [0.2, 0.25) is 11.7 Å². The van der Waals surface area contributed by atoms with Gasteiger partial charge in [-0.05, 0) is 54.0 Å². The number of nitrogens with one attached hydrogen (secondary N) is 1. The van der Waals surface area contributed by atoms with Crippen molar-refractivity contribution in [2.45, 2.75) is 70.4 Å². The molecule has 0 spiro atoms. The first-order chi connectivity index (χ1) is 16.1. The Morgan fingerprint density at radius 3 is 2.48 bits per heavy atom. The Balaban J connectivity index is 1.26. The molecule has 1 N–H and O–H groups in total. The Kier molecular flexibility index (Phi) is 6.28. The smallest absolute Gasteiger partial charge is 0.229 e. The molecule has 33 heavy (non-hydrogen) atoms. The molecule has 0 amide bonds. The van der Waals surface area contributed by atoms with Crippen LogP contribution in [-0.2, 0) is 0 Å². The van der Waals surface area contributed by atoms with Crippen LogP contribution in [0.5, 0.6) is 0 Å². The molecule has 2 unspecified atom stereocenters. The molecule has 4 nitrogen and oxygen atoms in total. The van der Waals surface area contributed by atoms with Gasteiger partial charge in [0.1, 0.15) is 0 Å². The van der Waals surface area contributed by atoms with Crippen molar-refractivity contribution >= 4 is 10.8 Å². The second-order valence-electron chi connectivity index (χ2n) is 9.75. The predicted molar refractivity (Wildman–Crippen MR) is 134 cm³/mol. The lowest BCUT2D eigenvalue weighted by atomic mass is 9.80. The van der Waals surface area contributed by atoms with Crippen LogP contribution in [0.3, 0.4) is 0 Å². The van der Waals surface area contributed by atoms with Crippen LogP contribution in [0.2, 0.25) is 0 Å². The fourth-order valence-corrected chi connectivity index (χ4v) is 5.21. The molecule has 1 aliphatic carbocycles. The number of hydrogen-bond acceptors (Lipinski definition) is 4. The molecular weight excluding hydrogens is 406 g/mol. The minimum Gasteiger partial charge on any atom is -0.339 e. The van der Waals surface area contributed by atoms with E-state index in [1.54, 1.807) is 0 Å². The number of rotatable bonds is 6. The molecule has 3 aromatic carbocycles. The largest absolute Gasteiger partial charge is 0.339 e. The van der Waals surface area contributed by atoms with Crippen molar-refractivity contribution in [3.8, 4) is 11.4 Å². The molecule has 0 aliphatic heterocycles. The molecule has 5 rings (SSSR count). The SMILES string of the molecule is CC(C)c1nc(-c2ccc([C@H]3CCCC(NC(C)c4cccc5ccccc45)C3)cc2)no1. The fraction of sp³-hybridized carbons (Fsp3) is 0.379. The maximum Gasteiger partial charge on any atom is 0.229 e. The summed E-state index contributed by atoms with van der Waals surface area (Å²) >= 11 is 0. The quantitative estimate of drug-likeness (QED) is 0.340. The average molecular weight is 440 g/mol. The lowest BCUT2D eigenvalue weighted by Gasteiger charge is -2.32. The van der Waals surface area contributed by atoms with E-state index in [4.69, 9.17) is 4.52 Å². The van der Waals surface area contributed by atoms with E-state index in [0.717, 1.165) is 5.56 Å². The molecule has 0 saturated heterocycles. The second-order valence-corrected chi connectivity index (χ2v) is 9.75. The van der Waals surface area contributed by atoms with Crippen LogP contribution < -0.4 is 5.32 Å². The van der Waals surface area contributed by atoms with Crippen LogP contribution in [0.1, 0.15) is 81.3 Å². The van der Waals surface area contributed by atoms with E-state index >= 15 is 0 Å². The van der Waals surface area contributed by atoms with Crippen molar-refractivity contribution in [2.24, 2.45) is 0 Å². The van der Waals surface area contributed by atoms with Gasteiger partial charge >= 0.3 is 0 Å². The predicted octanol–water partition coefficient (Wildman–Crippen LogP) is 7.39. The molecule has 170 valence electrons. The second kappa shape index (κ2) is 9.48. The third-order valence-corrected chi connectivity index (χ3v) is 7.03. The van der Waals surface area contributed by atoms with E-state index in [0.29, 0.717) is 29.7 Å². The molecule has 0 bridgehead atoms. The Hall–Kier alpha value is -2.98. The van der Waals surface area contributed by atoms with Gasteiger partial charge < -0.3 is 9.84 Å². The van der Waals surface area contributed by atoms with Gasteiger partial charge in [-0.3, -0.25) is 0 Å². The summed E-state index contributed by atoms with van der Waals surface area (Å²) in [4.78, 5) is 4.53. The van der Waals surface area contributed by atoms with E-state index in [-0.39, 0.29) is 5.92 Å². The number of nitrogens with zero attached hydrogens (tertiary/aromatic N) is 2. The van der Waals surface area contributed by atoms with Gasteiger partial charge in [-0.15, -0.1) is 0 Å². The minimum absolute atomic E-state index is 0.244. The molecule has 1 saturated carbocycles. The average Bonchev–Trinajstić information content (AvgIpc) is 3.35. The highest BCUT2D eigenvalue weighted by Crippen LogP contribution is 2.35. The van der Waals surface area contributed by atoms with Crippen LogP contribution >= 0.6 is 0 Å². The minimum atomic E-state index is 0.244. The first-order valence-corrected chi connectivity index (χ1v) is 12.3. The van der Waals surface area contributed by atoms with Crippen molar-refractivity contribution in [3.63, 3.8) is 0 Å². The van der Waals surface area contributed by atoms with Crippen LogP contribution in [-0.4, -0.2) is 16.2 Å². The Labute approximate surface area is 196 Å². The van der Waals surface area contributed by atoms with Crippen molar-refractivity contribution < 1.29 is 4.52 Å². The summed E-state index contributed by atoms with van der Waals surface area (Å²) in [5.41, 5.74) is 3.82. The topological polar surface area (TPSA) is 51.0 Å². The van der Waals surface area contributed by atoms with E-state index < -0.39 is 0 Å². The third-order valence-electron chi connectivity index (χ3n) is 7.03. The van der Waals surface area contributed by atoms with Gasteiger partial charge in [-0.2, -0.15) is 4.98 Å². The van der Waals surface area contributed by atoms with E-state index in [1.807, 2.05) is 0 Å². The Bertz CT molecular complexity index is 1210. The molecule has 1 aliphatic rings. The number of fused-ring (bicyclic) bond motifs is 1. The summed E-state index contributed by atoms with van der Waals surface area (Å²) in [7, 11) is 0. The number of hydrogen-bond donors (Lipinski definition) is 1. The lowest BCUT2D eigenvalue weighted by Crippen LogP contribution is -2.35. The summed E-state index contributed by atoms with van der Waals surface area (Å²) < 4.78 is 5.37. The van der Waals surface area contributed by atoms with Gasteiger partial charge in [-0.1, -0.05) is 92.2 Å². The molecular formula is C29H33N3O. The number of aromatic nitrogens is 2. The highest BCUT2D eigenvalue weighted by Gasteiger charge is 2.25. The lowest BCUT2D eigenvalue weighted by molar-refractivity contribution is 0.319. The monoisotopic (exact) mass is 439 g/mol. The van der Waals surface area contributed by atoms with Crippen molar-refractivity contribution in [3.05, 3.63) is 83.7 Å².